The Bertz CT molecular complexity index is 311. The molecular weight excluding hydrogens is 231 g/mol. The van der Waals surface area contributed by atoms with Gasteiger partial charge in [-0.2, -0.15) is 9.99 Å². The van der Waals surface area contributed by atoms with Crippen LogP contribution in [-0.4, -0.2) is 0 Å². The first-order chi connectivity index (χ1) is 5.15. The maximum absolute atomic E-state index is 10.9. The molecule has 0 saturated heterocycles. The second-order valence-corrected chi connectivity index (χ2v) is 3.12. The van der Waals surface area contributed by atoms with E-state index < -0.39 is 0 Å². The second-order valence-electron chi connectivity index (χ2n) is 1.79. The maximum atomic E-state index is 10.9. The molecule has 1 aromatic rings. The molecule has 0 aromatic carbocycles. The molecule has 0 bridgehead atoms. The summed E-state index contributed by atoms with van der Waals surface area (Å²) in [4.78, 5) is 0. The number of halogens is 2. The van der Waals surface area contributed by atoms with Crippen molar-refractivity contribution in [2.24, 2.45) is 0 Å². The van der Waals surface area contributed by atoms with E-state index in [1.165, 1.54) is 12.3 Å². The fraction of sp³-hybridized carbons (Fsp3) is 0. The molecule has 0 aliphatic carbocycles. The molecule has 0 unspecified atom stereocenters. The summed E-state index contributed by atoms with van der Waals surface area (Å²) in [6.07, 6.45) is 1.23. The van der Waals surface area contributed by atoms with E-state index in [9.17, 15) is 5.21 Å². The number of hydrogen-bond acceptors (Lipinski definition) is 2. The summed E-state index contributed by atoms with van der Waals surface area (Å²) in [5.74, 6) is 0. The van der Waals surface area contributed by atoms with Crippen molar-refractivity contribution in [3.63, 3.8) is 0 Å². The van der Waals surface area contributed by atoms with Crippen molar-refractivity contribution in [3.05, 3.63) is 32.7 Å². The first-order valence-electron chi connectivity index (χ1n) is 2.63. The first kappa shape index (κ1) is 8.31. The normalized spacial score (nSPS) is 9.18. The van der Waals surface area contributed by atoms with Gasteiger partial charge in [0.05, 0.1) is 4.47 Å². The van der Waals surface area contributed by atoms with E-state index in [1.807, 2.05) is 0 Å². The minimum absolute atomic E-state index is 0.0881. The Morgan fingerprint density at radius 1 is 1.73 bits per heavy atom. The van der Waals surface area contributed by atoms with Crippen LogP contribution >= 0.6 is 27.5 Å². The largest absolute Gasteiger partial charge is 0.618 e. The van der Waals surface area contributed by atoms with E-state index >= 15 is 0 Å². The number of nitriles is 1. The zero-order valence-corrected chi connectivity index (χ0v) is 7.56. The quantitative estimate of drug-likeness (QED) is 0.505. The summed E-state index contributed by atoms with van der Waals surface area (Å²) in [6, 6.07) is 3.18. The minimum atomic E-state index is -0.0881. The topological polar surface area (TPSA) is 50.7 Å². The molecule has 1 heterocycles. The molecule has 0 fully saturated rings. The minimum Gasteiger partial charge on any atom is -0.618 e. The third kappa shape index (κ3) is 1.62. The smallest absolute Gasteiger partial charge is 0.313 e. The number of pyridine rings is 1. The Hall–Kier alpha value is -0.790. The molecule has 5 heteroatoms. The molecule has 0 aliphatic rings. The van der Waals surface area contributed by atoms with Gasteiger partial charge >= 0.3 is 5.69 Å². The first-order valence-corrected chi connectivity index (χ1v) is 3.80. The average molecular weight is 233 g/mol. The summed E-state index contributed by atoms with van der Waals surface area (Å²) in [7, 11) is 0. The van der Waals surface area contributed by atoms with Crippen LogP contribution in [0.3, 0.4) is 0 Å². The number of hydrogen-bond donors (Lipinski definition) is 0. The van der Waals surface area contributed by atoms with Gasteiger partial charge < -0.3 is 5.21 Å². The highest BCUT2D eigenvalue weighted by atomic mass is 79.9. The Labute approximate surface area is 76.5 Å². The van der Waals surface area contributed by atoms with E-state index in [0.717, 1.165) is 0 Å². The summed E-state index contributed by atoms with van der Waals surface area (Å²) in [5.41, 5.74) is -0.0881. The van der Waals surface area contributed by atoms with Gasteiger partial charge in [-0.3, -0.25) is 0 Å². The van der Waals surface area contributed by atoms with Gasteiger partial charge in [0.2, 0.25) is 0 Å². The van der Waals surface area contributed by atoms with Gasteiger partial charge in [-0.15, -0.1) is 0 Å². The van der Waals surface area contributed by atoms with Gasteiger partial charge in [0.25, 0.3) is 0 Å². The number of nitrogens with zero attached hydrogens (tertiary/aromatic N) is 2. The molecule has 1 aromatic heterocycles. The molecular formula is C6H2BrClN2O. The molecule has 0 aliphatic heterocycles. The highest BCUT2D eigenvalue weighted by molar-refractivity contribution is 9.10. The predicted molar refractivity (Wildman–Crippen MR) is 42.8 cm³/mol. The third-order valence-corrected chi connectivity index (χ3v) is 1.78. The van der Waals surface area contributed by atoms with Crippen molar-refractivity contribution in [1.29, 1.82) is 5.26 Å². The standard InChI is InChI=1S/C6H2BrClN2O/c7-4-1-5(8)6(2-9)10(11)3-4/h1,3H. The van der Waals surface area contributed by atoms with E-state index in [-0.39, 0.29) is 10.7 Å². The van der Waals surface area contributed by atoms with E-state index in [2.05, 4.69) is 15.9 Å². The molecule has 1 rings (SSSR count). The van der Waals surface area contributed by atoms with Gasteiger partial charge in [0.15, 0.2) is 12.3 Å². The lowest BCUT2D eigenvalue weighted by Gasteiger charge is -1.98. The molecule has 0 atom stereocenters. The van der Waals surface area contributed by atoms with Crippen LogP contribution in [0.15, 0.2) is 16.7 Å². The van der Waals surface area contributed by atoms with E-state index in [0.29, 0.717) is 9.20 Å². The Morgan fingerprint density at radius 3 is 2.82 bits per heavy atom. The molecule has 11 heavy (non-hydrogen) atoms. The van der Waals surface area contributed by atoms with Crippen LogP contribution in [0.1, 0.15) is 5.69 Å². The van der Waals surface area contributed by atoms with Crippen molar-refractivity contribution >= 4 is 27.5 Å². The highest BCUT2D eigenvalue weighted by Gasteiger charge is 2.10. The van der Waals surface area contributed by atoms with Crippen LogP contribution in [0.4, 0.5) is 0 Å². The van der Waals surface area contributed by atoms with Crippen LogP contribution < -0.4 is 4.73 Å². The molecule has 56 valence electrons. The van der Waals surface area contributed by atoms with Gasteiger partial charge in [0.1, 0.15) is 5.02 Å². The van der Waals surface area contributed by atoms with Gasteiger partial charge in [-0.1, -0.05) is 11.6 Å². The van der Waals surface area contributed by atoms with Crippen molar-refractivity contribution in [3.8, 4) is 6.07 Å². The Balaban J connectivity index is 3.40. The second kappa shape index (κ2) is 3.07. The van der Waals surface area contributed by atoms with Crippen LogP contribution in [0.2, 0.25) is 5.02 Å². The summed E-state index contributed by atoms with van der Waals surface area (Å²) >= 11 is 8.62. The fourth-order valence-electron chi connectivity index (χ4n) is 0.611. The maximum Gasteiger partial charge on any atom is 0.313 e. The van der Waals surface area contributed by atoms with Crippen LogP contribution in [0.5, 0.6) is 0 Å². The average Bonchev–Trinajstić information content (AvgIpc) is 1.85. The van der Waals surface area contributed by atoms with Crippen LogP contribution in [0, 0.1) is 16.5 Å². The van der Waals surface area contributed by atoms with Crippen molar-refractivity contribution in [2.75, 3.05) is 0 Å². The molecule has 0 amide bonds. The molecule has 0 saturated carbocycles. The van der Waals surface area contributed by atoms with Gasteiger partial charge in [-0.25, -0.2) is 0 Å². The molecule has 0 N–H and O–H groups in total. The number of rotatable bonds is 0. The number of aromatic nitrogens is 1. The van der Waals surface area contributed by atoms with E-state index in [1.54, 1.807) is 6.07 Å². The summed E-state index contributed by atoms with van der Waals surface area (Å²) in [5, 5.41) is 19.4. The zero-order chi connectivity index (χ0) is 8.43. The highest BCUT2D eigenvalue weighted by Crippen LogP contribution is 2.16. The van der Waals surface area contributed by atoms with Gasteiger partial charge in [-0.05, 0) is 22.0 Å². The fourth-order valence-corrected chi connectivity index (χ4v) is 1.40. The molecule has 0 radical (unpaired) electrons. The van der Waals surface area contributed by atoms with E-state index in [4.69, 9.17) is 16.9 Å². The molecule has 3 nitrogen and oxygen atoms in total. The summed E-state index contributed by atoms with van der Waals surface area (Å²) in [6.45, 7) is 0. The Kier molecular flexibility index (Phi) is 2.32. The lowest BCUT2D eigenvalue weighted by atomic mass is 10.4. The molecule has 0 spiro atoms. The third-order valence-electron chi connectivity index (χ3n) is 1.06. The zero-order valence-electron chi connectivity index (χ0n) is 5.21. The van der Waals surface area contributed by atoms with Crippen LogP contribution in [0.25, 0.3) is 0 Å². The monoisotopic (exact) mass is 232 g/mol. The predicted octanol–water partition coefficient (Wildman–Crippen LogP) is 1.61. The Morgan fingerprint density at radius 2 is 2.36 bits per heavy atom. The van der Waals surface area contributed by atoms with Crippen LogP contribution in [-0.2, 0) is 0 Å². The lowest BCUT2D eigenvalue weighted by Crippen LogP contribution is -2.30. The SMILES string of the molecule is N#Cc1c(Cl)cc(Br)c[n+]1[O-]. The lowest BCUT2D eigenvalue weighted by molar-refractivity contribution is -0.608. The van der Waals surface area contributed by atoms with Crippen molar-refractivity contribution in [2.45, 2.75) is 0 Å². The van der Waals surface area contributed by atoms with Crippen molar-refractivity contribution in [1.82, 2.24) is 0 Å². The van der Waals surface area contributed by atoms with Crippen molar-refractivity contribution < 1.29 is 4.73 Å². The summed E-state index contributed by atoms with van der Waals surface area (Å²) < 4.78 is 0.975. The van der Waals surface area contributed by atoms with Gasteiger partial charge in [0, 0.05) is 0 Å².